The first-order valence-electron chi connectivity index (χ1n) is 5.12. The summed E-state index contributed by atoms with van der Waals surface area (Å²) in [6.07, 6.45) is 0.469. The summed E-state index contributed by atoms with van der Waals surface area (Å²) in [6.45, 7) is 1.80. The molecule has 1 aromatic rings. The first-order chi connectivity index (χ1) is 7.59. The van der Waals surface area contributed by atoms with E-state index in [-0.39, 0.29) is 23.9 Å². The Morgan fingerprint density at radius 1 is 1.31 bits per heavy atom. The highest BCUT2D eigenvalue weighted by molar-refractivity contribution is 5.96. The molecule has 0 fully saturated rings. The van der Waals surface area contributed by atoms with Gasteiger partial charge in [-0.25, -0.2) is 0 Å². The van der Waals surface area contributed by atoms with Crippen LogP contribution in [0.4, 0.5) is 0 Å². The van der Waals surface area contributed by atoms with Crippen molar-refractivity contribution in [2.45, 2.75) is 19.8 Å². The van der Waals surface area contributed by atoms with Crippen molar-refractivity contribution in [1.29, 1.82) is 0 Å². The van der Waals surface area contributed by atoms with E-state index in [0.717, 1.165) is 5.56 Å². The third kappa shape index (κ3) is 4.13. The summed E-state index contributed by atoms with van der Waals surface area (Å²) in [5, 5.41) is 12.1. The van der Waals surface area contributed by atoms with Gasteiger partial charge in [0, 0.05) is 6.54 Å². The maximum atomic E-state index is 11.1. The number of carbonyl (C=O) groups is 2. The summed E-state index contributed by atoms with van der Waals surface area (Å²) in [5.74, 6) is -0.203. The molecular weight excluding hydrogens is 206 g/mol. The normalized spacial score (nSPS) is 9.81. The number of rotatable bonds is 5. The van der Waals surface area contributed by atoms with Crippen LogP contribution in [-0.4, -0.2) is 23.3 Å². The molecule has 16 heavy (non-hydrogen) atoms. The molecule has 1 aromatic carbocycles. The molecule has 1 rings (SSSR count). The molecule has 1 amide bonds. The maximum absolute atomic E-state index is 11.1. The SMILES string of the molecule is CC(=O)CC(=O)NCCc1ccccc1O. The van der Waals surface area contributed by atoms with Gasteiger partial charge in [-0.15, -0.1) is 0 Å². The Morgan fingerprint density at radius 2 is 2.00 bits per heavy atom. The van der Waals surface area contributed by atoms with Gasteiger partial charge in [-0.1, -0.05) is 18.2 Å². The fourth-order valence-corrected chi connectivity index (χ4v) is 1.35. The Morgan fingerprint density at radius 3 is 2.62 bits per heavy atom. The third-order valence-electron chi connectivity index (χ3n) is 2.12. The summed E-state index contributed by atoms with van der Waals surface area (Å²) < 4.78 is 0. The largest absolute Gasteiger partial charge is 0.508 e. The monoisotopic (exact) mass is 221 g/mol. The van der Waals surface area contributed by atoms with Crippen molar-refractivity contribution < 1.29 is 14.7 Å². The van der Waals surface area contributed by atoms with Gasteiger partial charge in [0.15, 0.2) is 0 Å². The topological polar surface area (TPSA) is 66.4 Å². The lowest BCUT2D eigenvalue weighted by atomic mass is 10.1. The van der Waals surface area contributed by atoms with E-state index >= 15 is 0 Å². The smallest absolute Gasteiger partial charge is 0.227 e. The number of Topliss-reactive ketones (excluding diaryl/α,β-unsaturated/α-hetero) is 1. The standard InChI is InChI=1S/C12H15NO3/c1-9(14)8-12(16)13-7-6-10-4-2-3-5-11(10)15/h2-5,15H,6-8H2,1H3,(H,13,16). The van der Waals surface area contributed by atoms with Crippen molar-refractivity contribution in [1.82, 2.24) is 5.32 Å². The average molecular weight is 221 g/mol. The van der Waals surface area contributed by atoms with Crippen molar-refractivity contribution >= 4 is 11.7 Å². The molecule has 4 nitrogen and oxygen atoms in total. The predicted octanol–water partition coefficient (Wildman–Crippen LogP) is 1.03. The first-order valence-corrected chi connectivity index (χ1v) is 5.12. The van der Waals surface area contributed by atoms with E-state index in [1.165, 1.54) is 6.92 Å². The van der Waals surface area contributed by atoms with E-state index in [4.69, 9.17) is 0 Å². The second-order valence-electron chi connectivity index (χ2n) is 3.61. The van der Waals surface area contributed by atoms with Gasteiger partial charge in [0.2, 0.25) is 5.91 Å². The second kappa shape index (κ2) is 5.90. The summed E-state index contributed by atoms with van der Waals surface area (Å²) in [4.78, 5) is 21.8. The van der Waals surface area contributed by atoms with Crippen LogP contribution in [0, 0.1) is 0 Å². The molecule has 0 bridgehead atoms. The minimum Gasteiger partial charge on any atom is -0.508 e. The molecule has 4 heteroatoms. The number of aromatic hydroxyl groups is 1. The molecule has 0 heterocycles. The summed E-state index contributed by atoms with van der Waals surface area (Å²) >= 11 is 0. The van der Waals surface area contributed by atoms with Crippen molar-refractivity contribution in [2.24, 2.45) is 0 Å². The van der Waals surface area contributed by atoms with E-state index in [9.17, 15) is 14.7 Å². The molecule has 0 spiro atoms. The Hall–Kier alpha value is -1.84. The number of ketones is 1. The quantitative estimate of drug-likeness (QED) is 0.730. The van der Waals surface area contributed by atoms with Gasteiger partial charge in [-0.2, -0.15) is 0 Å². The molecule has 0 atom stereocenters. The van der Waals surface area contributed by atoms with Crippen LogP contribution < -0.4 is 5.32 Å². The highest BCUT2D eigenvalue weighted by atomic mass is 16.3. The predicted molar refractivity (Wildman–Crippen MR) is 60.1 cm³/mol. The van der Waals surface area contributed by atoms with Gasteiger partial charge in [0.1, 0.15) is 11.5 Å². The molecular formula is C12H15NO3. The lowest BCUT2D eigenvalue weighted by Crippen LogP contribution is -2.27. The maximum Gasteiger partial charge on any atom is 0.227 e. The van der Waals surface area contributed by atoms with Crippen LogP contribution in [-0.2, 0) is 16.0 Å². The number of benzene rings is 1. The molecule has 0 saturated carbocycles. The van der Waals surface area contributed by atoms with Crippen LogP contribution in [0.2, 0.25) is 0 Å². The first kappa shape index (κ1) is 12.2. The van der Waals surface area contributed by atoms with Crippen LogP contribution in [0.15, 0.2) is 24.3 Å². The second-order valence-corrected chi connectivity index (χ2v) is 3.61. The zero-order valence-electron chi connectivity index (χ0n) is 9.19. The Labute approximate surface area is 94.3 Å². The van der Waals surface area contributed by atoms with E-state index in [0.29, 0.717) is 13.0 Å². The number of phenols is 1. The fourth-order valence-electron chi connectivity index (χ4n) is 1.35. The van der Waals surface area contributed by atoms with Crippen LogP contribution in [0.25, 0.3) is 0 Å². The Balaban J connectivity index is 2.33. The summed E-state index contributed by atoms with van der Waals surface area (Å²) in [7, 11) is 0. The van der Waals surface area contributed by atoms with E-state index < -0.39 is 0 Å². The number of carbonyl (C=O) groups excluding carboxylic acids is 2. The van der Waals surface area contributed by atoms with Crippen LogP contribution in [0.5, 0.6) is 5.75 Å². The van der Waals surface area contributed by atoms with E-state index in [2.05, 4.69) is 5.32 Å². The van der Waals surface area contributed by atoms with E-state index in [1.54, 1.807) is 18.2 Å². The number of hydrogen-bond acceptors (Lipinski definition) is 3. The zero-order valence-corrected chi connectivity index (χ0v) is 9.19. The highest BCUT2D eigenvalue weighted by Crippen LogP contribution is 2.15. The zero-order chi connectivity index (χ0) is 12.0. The van der Waals surface area contributed by atoms with Gasteiger partial charge in [-0.3, -0.25) is 9.59 Å². The van der Waals surface area contributed by atoms with Crippen molar-refractivity contribution in [3.63, 3.8) is 0 Å². The Bertz CT molecular complexity index is 388. The Kier molecular flexibility index (Phi) is 4.51. The minimum absolute atomic E-state index is 0.0826. The van der Waals surface area contributed by atoms with Crippen molar-refractivity contribution in [3.8, 4) is 5.75 Å². The number of amides is 1. The number of phenolic OH excluding ortho intramolecular Hbond substituents is 1. The van der Waals surface area contributed by atoms with Crippen LogP contribution in [0.3, 0.4) is 0 Å². The molecule has 2 N–H and O–H groups in total. The molecule has 0 aliphatic heterocycles. The van der Waals surface area contributed by atoms with Gasteiger partial charge in [-0.05, 0) is 25.0 Å². The lowest BCUT2D eigenvalue weighted by Gasteiger charge is -2.05. The fraction of sp³-hybridized carbons (Fsp3) is 0.333. The molecule has 0 aliphatic rings. The van der Waals surface area contributed by atoms with Crippen LogP contribution in [0.1, 0.15) is 18.9 Å². The molecule has 0 aliphatic carbocycles. The van der Waals surface area contributed by atoms with Crippen LogP contribution >= 0.6 is 0 Å². The molecule has 0 unspecified atom stereocenters. The van der Waals surface area contributed by atoms with Crippen molar-refractivity contribution in [2.75, 3.05) is 6.54 Å². The highest BCUT2D eigenvalue weighted by Gasteiger charge is 2.04. The van der Waals surface area contributed by atoms with Gasteiger partial charge < -0.3 is 10.4 Å². The molecule has 0 saturated heterocycles. The molecule has 86 valence electrons. The van der Waals surface area contributed by atoms with Gasteiger partial charge in [0.25, 0.3) is 0 Å². The summed E-state index contributed by atoms with van der Waals surface area (Å²) in [5.41, 5.74) is 0.783. The summed E-state index contributed by atoms with van der Waals surface area (Å²) in [6, 6.07) is 6.97. The van der Waals surface area contributed by atoms with Crippen molar-refractivity contribution in [3.05, 3.63) is 29.8 Å². The number of hydrogen-bond donors (Lipinski definition) is 2. The minimum atomic E-state index is -0.275. The molecule has 0 aromatic heterocycles. The number of para-hydroxylation sites is 1. The third-order valence-corrected chi connectivity index (χ3v) is 2.12. The van der Waals surface area contributed by atoms with Gasteiger partial charge in [0.05, 0.1) is 6.42 Å². The number of nitrogens with one attached hydrogen (secondary N) is 1. The molecule has 0 radical (unpaired) electrons. The van der Waals surface area contributed by atoms with E-state index in [1.807, 2.05) is 6.07 Å². The lowest BCUT2D eigenvalue weighted by molar-refractivity contribution is -0.127. The van der Waals surface area contributed by atoms with Gasteiger partial charge >= 0.3 is 0 Å². The average Bonchev–Trinajstić information content (AvgIpc) is 2.19.